The molecule has 0 aliphatic heterocycles. The van der Waals surface area contributed by atoms with Gasteiger partial charge in [-0.1, -0.05) is 6.42 Å². The molecule has 4 heteroatoms. The summed E-state index contributed by atoms with van der Waals surface area (Å²) in [5.74, 6) is 0. The third-order valence-corrected chi connectivity index (χ3v) is 0.425. The van der Waals surface area contributed by atoms with E-state index in [1.165, 1.54) is 0 Å². The van der Waals surface area contributed by atoms with Crippen molar-refractivity contribution >= 4 is 6.03 Å². The predicted molar refractivity (Wildman–Crippen MR) is 27.6 cm³/mol. The van der Waals surface area contributed by atoms with Gasteiger partial charge in [-0.25, -0.2) is 4.79 Å². The van der Waals surface area contributed by atoms with Gasteiger partial charge in [0.15, 0.2) is 0 Å². The average molecular weight is 114 g/mol. The summed E-state index contributed by atoms with van der Waals surface area (Å²) in [6.07, 6.45) is 4.66. The Kier molecular flexibility index (Phi) is 3.36. The largest absolute Gasteiger partial charge is 0.376 e. The van der Waals surface area contributed by atoms with Gasteiger partial charge in [0.25, 0.3) is 0 Å². The first kappa shape index (κ1) is 6.79. The van der Waals surface area contributed by atoms with Crippen LogP contribution in [0.25, 0.3) is 0 Å². The number of amides is 2. The second-order valence-corrected chi connectivity index (χ2v) is 0.933. The fourth-order valence-electron chi connectivity index (χ4n) is 0.182. The van der Waals surface area contributed by atoms with Crippen molar-refractivity contribution in [3.05, 3.63) is 0 Å². The first-order valence-electron chi connectivity index (χ1n) is 1.91. The van der Waals surface area contributed by atoms with Crippen molar-refractivity contribution in [2.45, 2.75) is 0 Å². The van der Waals surface area contributed by atoms with Gasteiger partial charge in [-0.05, 0) is 0 Å². The van der Waals surface area contributed by atoms with E-state index in [4.69, 9.17) is 5.11 Å². The molecule has 0 rings (SSSR count). The normalized spacial score (nSPS) is 7.00. The molecule has 44 valence electrons. The molecule has 8 heavy (non-hydrogen) atoms. The standard InChI is InChI=1S/C4H6N2O2/c1-2-5-4(8)6-3-7/h1,7H,3H2,(H2,5,6,8). The van der Waals surface area contributed by atoms with Crippen molar-refractivity contribution < 1.29 is 9.90 Å². The van der Waals surface area contributed by atoms with E-state index < -0.39 is 12.8 Å². The fraction of sp³-hybridized carbons (Fsp3) is 0.250. The van der Waals surface area contributed by atoms with Crippen LogP contribution in [0.1, 0.15) is 0 Å². The first-order chi connectivity index (χ1) is 3.81. The smallest absolute Gasteiger partial charge is 0.328 e. The van der Waals surface area contributed by atoms with E-state index in [2.05, 4.69) is 6.42 Å². The summed E-state index contributed by atoms with van der Waals surface area (Å²) in [5, 5.41) is 12.0. The van der Waals surface area contributed by atoms with E-state index in [0.29, 0.717) is 0 Å². The molecule has 4 nitrogen and oxygen atoms in total. The zero-order valence-electron chi connectivity index (χ0n) is 4.14. The lowest BCUT2D eigenvalue weighted by Crippen LogP contribution is -2.32. The van der Waals surface area contributed by atoms with Gasteiger partial charge in [0, 0.05) is 6.04 Å². The number of hydrogen-bond acceptors (Lipinski definition) is 2. The highest BCUT2D eigenvalue weighted by Gasteiger charge is 1.89. The highest BCUT2D eigenvalue weighted by molar-refractivity contribution is 5.75. The molecule has 0 unspecified atom stereocenters. The van der Waals surface area contributed by atoms with Crippen LogP contribution in [-0.2, 0) is 0 Å². The second-order valence-electron chi connectivity index (χ2n) is 0.933. The van der Waals surface area contributed by atoms with Crippen LogP contribution in [0, 0.1) is 12.5 Å². The Labute approximate surface area is 46.9 Å². The highest BCUT2D eigenvalue weighted by Crippen LogP contribution is 1.55. The molecule has 0 aromatic rings. The molecular formula is C4H6N2O2. The minimum atomic E-state index is -0.574. The van der Waals surface area contributed by atoms with Crippen LogP contribution < -0.4 is 10.6 Å². The van der Waals surface area contributed by atoms with E-state index >= 15 is 0 Å². The summed E-state index contributed by atoms with van der Waals surface area (Å²) in [7, 11) is 0. The van der Waals surface area contributed by atoms with Crippen molar-refractivity contribution in [1.29, 1.82) is 0 Å². The zero-order valence-corrected chi connectivity index (χ0v) is 4.14. The SMILES string of the molecule is C#CNC(=O)NCO. The van der Waals surface area contributed by atoms with Crippen molar-refractivity contribution in [3.8, 4) is 12.5 Å². The van der Waals surface area contributed by atoms with Crippen LogP contribution in [-0.4, -0.2) is 17.9 Å². The molecule has 0 saturated carbocycles. The second kappa shape index (κ2) is 3.96. The van der Waals surface area contributed by atoms with Crippen LogP contribution in [0.3, 0.4) is 0 Å². The van der Waals surface area contributed by atoms with Crippen LogP contribution in [0.15, 0.2) is 0 Å². The number of carbonyl (C=O) groups excluding carboxylic acids is 1. The number of terminal acetylenes is 1. The van der Waals surface area contributed by atoms with Crippen molar-refractivity contribution in [3.63, 3.8) is 0 Å². The van der Waals surface area contributed by atoms with E-state index in [9.17, 15) is 4.79 Å². The number of rotatable bonds is 1. The van der Waals surface area contributed by atoms with Crippen LogP contribution in [0.4, 0.5) is 4.79 Å². The minimum absolute atomic E-state index is 0.409. The molecular weight excluding hydrogens is 108 g/mol. The number of aliphatic hydroxyl groups excluding tert-OH is 1. The van der Waals surface area contributed by atoms with Crippen LogP contribution in [0.5, 0.6) is 0 Å². The van der Waals surface area contributed by atoms with Gasteiger partial charge in [0.1, 0.15) is 6.73 Å². The molecule has 0 fully saturated rings. The molecule has 0 aromatic heterocycles. The molecule has 0 aromatic carbocycles. The number of nitrogens with one attached hydrogen (secondary N) is 2. The number of carbonyl (C=O) groups is 1. The Morgan fingerprint density at radius 3 is 2.88 bits per heavy atom. The number of hydrogen-bond donors (Lipinski definition) is 3. The molecule has 0 heterocycles. The quantitative estimate of drug-likeness (QED) is 0.228. The van der Waals surface area contributed by atoms with Crippen LogP contribution in [0.2, 0.25) is 0 Å². The summed E-state index contributed by atoms with van der Waals surface area (Å²) in [6, 6.07) is 1.31. The molecule has 3 N–H and O–H groups in total. The number of urea groups is 1. The maximum absolute atomic E-state index is 10.1. The fourth-order valence-corrected chi connectivity index (χ4v) is 0.182. The van der Waals surface area contributed by atoms with Crippen LogP contribution >= 0.6 is 0 Å². The average Bonchev–Trinajstić information content (AvgIpc) is 1.68. The highest BCUT2D eigenvalue weighted by atomic mass is 16.3. The topological polar surface area (TPSA) is 61.4 Å². The van der Waals surface area contributed by atoms with Gasteiger partial charge in [0.2, 0.25) is 0 Å². The van der Waals surface area contributed by atoms with Gasteiger partial charge in [-0.2, -0.15) is 0 Å². The van der Waals surface area contributed by atoms with Crippen molar-refractivity contribution in [1.82, 2.24) is 10.6 Å². The lowest BCUT2D eigenvalue weighted by molar-refractivity contribution is 0.221. The molecule has 0 aliphatic rings. The predicted octanol–water partition coefficient (Wildman–Crippen LogP) is -1.17. The Hall–Kier alpha value is -1.21. The monoisotopic (exact) mass is 114 g/mol. The first-order valence-corrected chi connectivity index (χ1v) is 1.91. The summed E-state index contributed by atoms with van der Waals surface area (Å²) >= 11 is 0. The van der Waals surface area contributed by atoms with E-state index in [-0.39, 0.29) is 0 Å². The maximum atomic E-state index is 10.1. The Morgan fingerprint density at radius 2 is 2.50 bits per heavy atom. The summed E-state index contributed by atoms with van der Waals surface area (Å²) in [5.41, 5.74) is 0. The van der Waals surface area contributed by atoms with Gasteiger partial charge in [-0.3, -0.25) is 5.32 Å². The molecule has 0 saturated heterocycles. The summed E-state index contributed by atoms with van der Waals surface area (Å²) in [4.78, 5) is 10.1. The van der Waals surface area contributed by atoms with Crippen molar-refractivity contribution in [2.24, 2.45) is 0 Å². The van der Waals surface area contributed by atoms with Crippen molar-refractivity contribution in [2.75, 3.05) is 6.73 Å². The summed E-state index contributed by atoms with van der Waals surface area (Å²) < 4.78 is 0. The molecule has 0 atom stereocenters. The summed E-state index contributed by atoms with van der Waals surface area (Å²) in [6.45, 7) is -0.409. The van der Waals surface area contributed by atoms with Gasteiger partial charge in [0.05, 0.1) is 0 Å². The third kappa shape index (κ3) is 3.00. The molecule has 0 spiro atoms. The van der Waals surface area contributed by atoms with E-state index in [1.807, 2.05) is 16.7 Å². The zero-order chi connectivity index (χ0) is 6.41. The Morgan fingerprint density at radius 1 is 1.88 bits per heavy atom. The third-order valence-electron chi connectivity index (χ3n) is 0.425. The Balaban J connectivity index is 3.23. The lowest BCUT2D eigenvalue weighted by Gasteiger charge is -1.94. The maximum Gasteiger partial charge on any atom is 0.328 e. The molecule has 0 bridgehead atoms. The Bertz CT molecular complexity index is 116. The van der Waals surface area contributed by atoms with Gasteiger partial charge >= 0.3 is 6.03 Å². The van der Waals surface area contributed by atoms with E-state index in [1.54, 1.807) is 0 Å². The lowest BCUT2D eigenvalue weighted by atomic mass is 10.9. The molecule has 0 aliphatic carbocycles. The molecule has 0 radical (unpaired) electrons. The molecule has 2 amide bonds. The van der Waals surface area contributed by atoms with Gasteiger partial charge in [-0.15, -0.1) is 0 Å². The van der Waals surface area contributed by atoms with Gasteiger partial charge < -0.3 is 10.4 Å². The van der Waals surface area contributed by atoms with E-state index in [0.717, 1.165) is 0 Å². The number of aliphatic hydroxyl groups is 1. The minimum Gasteiger partial charge on any atom is -0.376 e.